The van der Waals surface area contributed by atoms with E-state index in [9.17, 15) is 4.79 Å². The van der Waals surface area contributed by atoms with Crippen molar-refractivity contribution in [1.29, 1.82) is 0 Å². The maximum absolute atomic E-state index is 10.8. The Kier molecular flexibility index (Phi) is 7.14. The minimum Gasteiger partial charge on any atom is -0.464 e. The number of carbonyl (C=O) groups excluding carboxylic acids is 1. The third kappa shape index (κ3) is 6.25. The summed E-state index contributed by atoms with van der Waals surface area (Å²) < 4.78 is 4.89. The number of esters is 1. The normalized spacial score (nSPS) is 11.6. The van der Waals surface area contributed by atoms with Crippen LogP contribution in [0.4, 0.5) is 0 Å². The van der Waals surface area contributed by atoms with E-state index in [1.165, 1.54) is 22.2 Å². The van der Waals surface area contributed by atoms with Gasteiger partial charge in [-0.25, -0.2) is 0 Å². The molecule has 24 heavy (non-hydrogen) atoms. The molecule has 2 aromatic heterocycles. The van der Waals surface area contributed by atoms with Gasteiger partial charge in [0.25, 0.3) is 0 Å². The number of pyridine rings is 1. The fourth-order valence-electron chi connectivity index (χ4n) is 2.19. The maximum atomic E-state index is 10.8. The van der Waals surface area contributed by atoms with E-state index in [4.69, 9.17) is 17.0 Å². The predicted molar refractivity (Wildman–Crippen MR) is 100 cm³/mol. The standard InChI is InChI=1S/C17H21N3O2S2/c1-12-3-4-16(24-12)15(11-14-5-7-18-8-6-14)20-17(23)19-9-10-22-13(2)21/h3-8,15H,9-11H2,1-2H3,(H2,19,20,23). The van der Waals surface area contributed by atoms with E-state index in [1.54, 1.807) is 23.7 Å². The first-order chi connectivity index (χ1) is 11.5. The lowest BCUT2D eigenvalue weighted by Gasteiger charge is -2.20. The molecule has 0 aliphatic rings. The Hall–Kier alpha value is -1.99. The fraction of sp³-hybridized carbons (Fsp3) is 0.353. The van der Waals surface area contributed by atoms with E-state index >= 15 is 0 Å². The van der Waals surface area contributed by atoms with Gasteiger partial charge >= 0.3 is 5.97 Å². The van der Waals surface area contributed by atoms with Gasteiger partial charge in [0.05, 0.1) is 12.6 Å². The van der Waals surface area contributed by atoms with Gasteiger partial charge in [0.1, 0.15) is 6.61 Å². The molecule has 0 aliphatic heterocycles. The van der Waals surface area contributed by atoms with Crippen LogP contribution in [0.25, 0.3) is 0 Å². The lowest BCUT2D eigenvalue weighted by Crippen LogP contribution is -2.39. The number of ether oxygens (including phenoxy) is 1. The van der Waals surface area contributed by atoms with Crippen LogP contribution in [0.3, 0.4) is 0 Å². The Morgan fingerprint density at radius 2 is 2.08 bits per heavy atom. The van der Waals surface area contributed by atoms with Gasteiger partial charge in [-0.15, -0.1) is 11.3 Å². The quantitative estimate of drug-likeness (QED) is 0.448. The highest BCUT2D eigenvalue weighted by Gasteiger charge is 2.15. The third-order valence-corrected chi connectivity index (χ3v) is 4.67. The van der Waals surface area contributed by atoms with Crippen LogP contribution in [-0.2, 0) is 16.0 Å². The minimum absolute atomic E-state index is 0.0832. The molecule has 2 heterocycles. The summed E-state index contributed by atoms with van der Waals surface area (Å²) in [7, 11) is 0. The number of rotatable bonds is 7. The Labute approximate surface area is 151 Å². The van der Waals surface area contributed by atoms with Gasteiger partial charge in [-0.3, -0.25) is 9.78 Å². The smallest absolute Gasteiger partial charge is 0.302 e. The second kappa shape index (κ2) is 9.34. The molecule has 2 rings (SSSR count). The molecule has 128 valence electrons. The monoisotopic (exact) mass is 363 g/mol. The van der Waals surface area contributed by atoms with Crippen molar-refractivity contribution in [3.63, 3.8) is 0 Å². The van der Waals surface area contributed by atoms with Crippen molar-refractivity contribution in [2.24, 2.45) is 0 Å². The first-order valence-electron chi connectivity index (χ1n) is 7.67. The van der Waals surface area contributed by atoms with Crippen molar-refractivity contribution in [2.75, 3.05) is 13.2 Å². The molecule has 5 nitrogen and oxygen atoms in total. The van der Waals surface area contributed by atoms with Gasteiger partial charge < -0.3 is 15.4 Å². The Bertz CT molecular complexity index is 673. The number of thiocarbonyl (C=S) groups is 1. The number of aryl methyl sites for hydroxylation is 1. The number of thiophene rings is 1. The maximum Gasteiger partial charge on any atom is 0.302 e. The average Bonchev–Trinajstić information content (AvgIpc) is 2.98. The summed E-state index contributed by atoms with van der Waals surface area (Å²) in [4.78, 5) is 17.3. The van der Waals surface area contributed by atoms with Crippen LogP contribution in [0.1, 0.15) is 28.3 Å². The van der Waals surface area contributed by atoms with Crippen LogP contribution in [0, 0.1) is 6.92 Å². The number of nitrogens with zero attached hydrogens (tertiary/aromatic N) is 1. The van der Waals surface area contributed by atoms with Crippen molar-refractivity contribution >= 4 is 34.6 Å². The van der Waals surface area contributed by atoms with E-state index in [2.05, 4.69) is 34.7 Å². The molecular weight excluding hydrogens is 342 g/mol. The summed E-state index contributed by atoms with van der Waals surface area (Å²) in [5.41, 5.74) is 1.19. The Morgan fingerprint density at radius 1 is 1.33 bits per heavy atom. The lowest BCUT2D eigenvalue weighted by atomic mass is 10.1. The van der Waals surface area contributed by atoms with Crippen LogP contribution in [0.2, 0.25) is 0 Å². The second-order valence-corrected chi connectivity index (χ2v) is 7.03. The number of aromatic nitrogens is 1. The van der Waals surface area contributed by atoms with Crippen molar-refractivity contribution in [3.8, 4) is 0 Å². The molecule has 0 aliphatic carbocycles. The summed E-state index contributed by atoms with van der Waals surface area (Å²) in [6, 6.07) is 8.33. The average molecular weight is 364 g/mol. The van der Waals surface area contributed by atoms with Crippen molar-refractivity contribution in [2.45, 2.75) is 26.3 Å². The molecule has 0 saturated carbocycles. The van der Waals surface area contributed by atoms with Crippen LogP contribution < -0.4 is 10.6 Å². The number of hydrogen-bond acceptors (Lipinski definition) is 5. The predicted octanol–water partition coefficient (Wildman–Crippen LogP) is 2.76. The molecule has 0 bridgehead atoms. The molecule has 0 radical (unpaired) electrons. The van der Waals surface area contributed by atoms with Gasteiger partial charge in [0, 0.05) is 29.1 Å². The Balaban J connectivity index is 1.95. The fourth-order valence-corrected chi connectivity index (χ4v) is 3.36. The van der Waals surface area contributed by atoms with E-state index in [1.807, 2.05) is 12.1 Å². The van der Waals surface area contributed by atoms with Crippen molar-refractivity contribution in [3.05, 3.63) is 52.0 Å². The summed E-state index contributed by atoms with van der Waals surface area (Å²) in [6.07, 6.45) is 4.40. The molecule has 2 N–H and O–H groups in total. The highest BCUT2D eigenvalue weighted by atomic mass is 32.1. The molecule has 7 heteroatoms. The molecule has 1 unspecified atom stereocenters. The summed E-state index contributed by atoms with van der Waals surface area (Å²) >= 11 is 7.12. The SMILES string of the molecule is CC(=O)OCCNC(=S)NC(Cc1ccncc1)c1ccc(C)s1. The molecule has 1 atom stereocenters. The molecule has 0 saturated heterocycles. The third-order valence-electron chi connectivity index (χ3n) is 3.29. The molecule has 0 aromatic carbocycles. The van der Waals surface area contributed by atoms with E-state index < -0.39 is 0 Å². The van der Waals surface area contributed by atoms with Crippen molar-refractivity contribution in [1.82, 2.24) is 15.6 Å². The number of carbonyl (C=O) groups is 1. The van der Waals surface area contributed by atoms with Gasteiger partial charge in [-0.05, 0) is 55.4 Å². The van der Waals surface area contributed by atoms with Gasteiger partial charge in [-0.2, -0.15) is 0 Å². The van der Waals surface area contributed by atoms with Crippen LogP contribution in [-0.4, -0.2) is 29.2 Å². The van der Waals surface area contributed by atoms with Gasteiger partial charge in [0.2, 0.25) is 0 Å². The molecular formula is C17H21N3O2S2. The van der Waals surface area contributed by atoms with E-state index in [0.29, 0.717) is 18.3 Å². The molecule has 0 fully saturated rings. The van der Waals surface area contributed by atoms with Crippen LogP contribution in [0.5, 0.6) is 0 Å². The highest BCUT2D eigenvalue weighted by molar-refractivity contribution is 7.80. The molecule has 0 amide bonds. The van der Waals surface area contributed by atoms with E-state index in [-0.39, 0.29) is 12.0 Å². The summed E-state index contributed by atoms with van der Waals surface area (Å²) in [5, 5.41) is 6.97. The highest BCUT2D eigenvalue weighted by Crippen LogP contribution is 2.25. The largest absolute Gasteiger partial charge is 0.464 e. The topological polar surface area (TPSA) is 63.2 Å². The van der Waals surface area contributed by atoms with Crippen LogP contribution in [0.15, 0.2) is 36.7 Å². The van der Waals surface area contributed by atoms with Crippen molar-refractivity contribution < 1.29 is 9.53 Å². The zero-order valence-electron chi connectivity index (χ0n) is 13.7. The minimum atomic E-state index is -0.291. The van der Waals surface area contributed by atoms with Gasteiger partial charge in [-0.1, -0.05) is 0 Å². The summed E-state index contributed by atoms with van der Waals surface area (Å²) in [6.45, 7) is 4.26. The van der Waals surface area contributed by atoms with Crippen LogP contribution >= 0.6 is 23.6 Å². The molecule has 0 spiro atoms. The van der Waals surface area contributed by atoms with Gasteiger partial charge in [0.15, 0.2) is 5.11 Å². The lowest BCUT2D eigenvalue weighted by molar-refractivity contribution is -0.140. The molecule has 2 aromatic rings. The summed E-state index contributed by atoms with van der Waals surface area (Å²) in [5.74, 6) is -0.291. The number of nitrogens with one attached hydrogen (secondary N) is 2. The first-order valence-corrected chi connectivity index (χ1v) is 8.90. The Morgan fingerprint density at radius 3 is 2.71 bits per heavy atom. The second-order valence-electron chi connectivity index (χ2n) is 5.30. The van der Waals surface area contributed by atoms with E-state index in [0.717, 1.165) is 6.42 Å². The first kappa shape index (κ1) is 18.4. The number of hydrogen-bond donors (Lipinski definition) is 2. The zero-order valence-corrected chi connectivity index (χ0v) is 15.4. The zero-order chi connectivity index (χ0) is 17.4.